The summed E-state index contributed by atoms with van der Waals surface area (Å²) < 4.78 is 11.1. The number of phenols is 2. The minimum atomic E-state index is -0.899. The molecule has 166 valence electrons. The maximum Gasteiger partial charge on any atom is 0.142 e. The van der Waals surface area contributed by atoms with E-state index in [1.165, 1.54) is 0 Å². The Morgan fingerprint density at radius 2 is 1.03 bits per heavy atom. The van der Waals surface area contributed by atoms with Gasteiger partial charge in [0.05, 0.1) is 31.0 Å². The van der Waals surface area contributed by atoms with Crippen molar-refractivity contribution in [3.8, 4) is 34.1 Å². The third-order valence-corrected chi connectivity index (χ3v) is 6.44. The molecule has 33 heavy (non-hydrogen) atoms. The van der Waals surface area contributed by atoms with Crippen LogP contribution in [0.15, 0.2) is 72.8 Å². The molecular weight excluding hydrogens is 416 g/mol. The van der Waals surface area contributed by atoms with Crippen LogP contribution in [0.4, 0.5) is 11.4 Å². The number of ether oxygens (including phenoxy) is 2. The lowest BCUT2D eigenvalue weighted by Crippen LogP contribution is -2.29. The van der Waals surface area contributed by atoms with Crippen LogP contribution in [-0.4, -0.2) is 24.4 Å². The number of phenolic OH excluding ortho intramolecular Hbond substituents is 2. The first-order valence-electron chi connectivity index (χ1n) is 10.5. The Bertz CT molecular complexity index is 1290. The second kappa shape index (κ2) is 7.38. The predicted molar refractivity (Wildman–Crippen MR) is 129 cm³/mol. The molecule has 4 aromatic carbocycles. The quantitative estimate of drug-likeness (QED) is 0.303. The third kappa shape index (κ3) is 2.88. The molecule has 6 N–H and O–H groups in total. The Morgan fingerprint density at radius 1 is 0.606 bits per heavy atom. The number of hydrogen-bond acceptors (Lipinski definition) is 6. The minimum absolute atomic E-state index is 0.139. The van der Waals surface area contributed by atoms with Gasteiger partial charge in [0.1, 0.15) is 23.0 Å². The van der Waals surface area contributed by atoms with Gasteiger partial charge < -0.3 is 31.2 Å². The molecule has 4 aromatic rings. The molecule has 1 aliphatic carbocycles. The van der Waals surface area contributed by atoms with Gasteiger partial charge in [-0.05, 0) is 81.9 Å². The number of fused-ring (bicyclic) bond motifs is 3. The topological polar surface area (TPSA) is 111 Å². The van der Waals surface area contributed by atoms with Gasteiger partial charge in [0, 0.05) is 0 Å². The molecule has 0 saturated heterocycles. The van der Waals surface area contributed by atoms with Crippen LogP contribution in [-0.2, 0) is 5.41 Å². The lowest BCUT2D eigenvalue weighted by atomic mass is 9.67. The van der Waals surface area contributed by atoms with E-state index >= 15 is 0 Å². The molecule has 6 heteroatoms. The molecule has 0 bridgehead atoms. The van der Waals surface area contributed by atoms with Crippen LogP contribution in [0, 0.1) is 0 Å². The highest BCUT2D eigenvalue weighted by molar-refractivity contribution is 5.88. The van der Waals surface area contributed by atoms with E-state index in [-0.39, 0.29) is 11.5 Å². The summed E-state index contributed by atoms with van der Waals surface area (Å²) in [4.78, 5) is 0. The number of benzene rings is 4. The molecule has 0 fully saturated rings. The summed E-state index contributed by atoms with van der Waals surface area (Å²) in [6, 6.07) is 21.9. The highest BCUT2D eigenvalue weighted by atomic mass is 16.5. The van der Waals surface area contributed by atoms with Gasteiger partial charge in [-0.15, -0.1) is 0 Å². The fourth-order valence-electron chi connectivity index (χ4n) is 4.98. The van der Waals surface area contributed by atoms with Crippen LogP contribution in [0.3, 0.4) is 0 Å². The Hall–Kier alpha value is -4.32. The molecular formula is C27H24N2O4. The molecule has 0 unspecified atom stereocenters. The van der Waals surface area contributed by atoms with Crippen molar-refractivity contribution in [1.29, 1.82) is 0 Å². The molecule has 0 saturated carbocycles. The number of hydrogen-bond donors (Lipinski definition) is 4. The molecule has 0 aromatic heterocycles. The molecule has 0 spiro atoms. The SMILES string of the molecule is COc1cc(C2(c3ccc(N)c(OC)c3)c3cc(O)ccc3-c3ccc(O)cc32)ccc1N. The molecule has 6 nitrogen and oxygen atoms in total. The maximum absolute atomic E-state index is 10.5. The average Bonchev–Trinajstić information content (AvgIpc) is 3.09. The second-order valence-corrected chi connectivity index (χ2v) is 8.12. The summed E-state index contributed by atoms with van der Waals surface area (Å²) in [5.41, 5.74) is 17.8. The van der Waals surface area contributed by atoms with Crippen molar-refractivity contribution >= 4 is 11.4 Å². The minimum Gasteiger partial charge on any atom is -0.508 e. The highest BCUT2D eigenvalue weighted by Gasteiger charge is 2.47. The van der Waals surface area contributed by atoms with Crippen LogP contribution >= 0.6 is 0 Å². The van der Waals surface area contributed by atoms with Crippen molar-refractivity contribution in [2.45, 2.75) is 5.41 Å². The van der Waals surface area contributed by atoms with E-state index in [1.807, 2.05) is 36.4 Å². The first kappa shape index (κ1) is 20.6. The van der Waals surface area contributed by atoms with E-state index in [4.69, 9.17) is 20.9 Å². The fraction of sp³-hybridized carbons (Fsp3) is 0.111. The van der Waals surface area contributed by atoms with Gasteiger partial charge in [-0.25, -0.2) is 0 Å². The molecule has 1 aliphatic rings. The van der Waals surface area contributed by atoms with Crippen LogP contribution in [0.2, 0.25) is 0 Å². The van der Waals surface area contributed by atoms with E-state index in [0.29, 0.717) is 22.9 Å². The fourth-order valence-corrected chi connectivity index (χ4v) is 4.98. The summed E-state index contributed by atoms with van der Waals surface area (Å²) >= 11 is 0. The molecule has 0 aliphatic heterocycles. The highest BCUT2D eigenvalue weighted by Crippen LogP contribution is 2.58. The Kier molecular flexibility index (Phi) is 4.60. The number of aromatic hydroxyl groups is 2. The van der Waals surface area contributed by atoms with Gasteiger partial charge in [-0.2, -0.15) is 0 Å². The largest absolute Gasteiger partial charge is 0.508 e. The van der Waals surface area contributed by atoms with Crippen LogP contribution in [0.25, 0.3) is 11.1 Å². The number of methoxy groups -OCH3 is 2. The molecule has 0 radical (unpaired) electrons. The zero-order valence-corrected chi connectivity index (χ0v) is 18.3. The van der Waals surface area contributed by atoms with Crippen LogP contribution in [0.5, 0.6) is 23.0 Å². The normalized spacial score (nSPS) is 13.3. The second-order valence-electron chi connectivity index (χ2n) is 8.12. The summed E-state index contributed by atoms with van der Waals surface area (Å²) in [6.07, 6.45) is 0. The Labute approximate surface area is 191 Å². The first-order valence-corrected chi connectivity index (χ1v) is 10.5. The van der Waals surface area contributed by atoms with Crippen molar-refractivity contribution in [2.75, 3.05) is 25.7 Å². The maximum atomic E-state index is 10.5. The number of anilines is 2. The summed E-state index contributed by atoms with van der Waals surface area (Å²) in [5, 5.41) is 21.0. The van der Waals surface area contributed by atoms with Crippen LogP contribution in [0.1, 0.15) is 22.3 Å². The monoisotopic (exact) mass is 440 g/mol. The molecule has 0 atom stereocenters. The van der Waals surface area contributed by atoms with Gasteiger partial charge in [0.25, 0.3) is 0 Å². The molecule has 0 amide bonds. The Balaban J connectivity index is 1.98. The van der Waals surface area contributed by atoms with Crippen molar-refractivity contribution in [3.63, 3.8) is 0 Å². The van der Waals surface area contributed by atoms with E-state index in [9.17, 15) is 10.2 Å². The summed E-state index contributed by atoms with van der Waals surface area (Å²) in [7, 11) is 3.14. The van der Waals surface area contributed by atoms with Crippen LogP contribution < -0.4 is 20.9 Å². The van der Waals surface area contributed by atoms with Gasteiger partial charge in [0.2, 0.25) is 0 Å². The zero-order valence-electron chi connectivity index (χ0n) is 18.3. The Morgan fingerprint density at radius 3 is 1.42 bits per heavy atom. The number of nitrogen functional groups attached to an aromatic ring is 2. The van der Waals surface area contributed by atoms with Crippen molar-refractivity contribution < 1.29 is 19.7 Å². The van der Waals surface area contributed by atoms with E-state index < -0.39 is 5.41 Å². The summed E-state index contributed by atoms with van der Waals surface area (Å²) in [5.74, 6) is 1.34. The van der Waals surface area contributed by atoms with Gasteiger partial charge in [-0.1, -0.05) is 24.3 Å². The number of rotatable bonds is 4. The zero-order chi connectivity index (χ0) is 23.3. The third-order valence-electron chi connectivity index (χ3n) is 6.44. The van der Waals surface area contributed by atoms with Crippen molar-refractivity contribution in [3.05, 3.63) is 95.1 Å². The van der Waals surface area contributed by atoms with E-state index in [1.54, 1.807) is 50.6 Å². The van der Waals surface area contributed by atoms with Crippen molar-refractivity contribution in [1.82, 2.24) is 0 Å². The van der Waals surface area contributed by atoms with E-state index in [2.05, 4.69) is 0 Å². The van der Waals surface area contributed by atoms with E-state index in [0.717, 1.165) is 33.4 Å². The number of nitrogens with two attached hydrogens (primary N) is 2. The summed E-state index contributed by atoms with van der Waals surface area (Å²) in [6.45, 7) is 0. The lowest BCUT2D eigenvalue weighted by Gasteiger charge is -2.34. The van der Waals surface area contributed by atoms with Gasteiger partial charge in [0.15, 0.2) is 0 Å². The van der Waals surface area contributed by atoms with Gasteiger partial charge >= 0.3 is 0 Å². The van der Waals surface area contributed by atoms with Crippen molar-refractivity contribution in [2.24, 2.45) is 0 Å². The smallest absolute Gasteiger partial charge is 0.142 e. The average molecular weight is 440 g/mol. The predicted octanol–water partition coefficient (Wildman–Crippen LogP) is 4.64. The van der Waals surface area contributed by atoms with Gasteiger partial charge in [-0.3, -0.25) is 0 Å². The standard InChI is InChI=1S/C27H24N2O4/c1-32-25-11-15(3-9-23(25)28)27(16-4-10-24(29)26(12-16)33-2)21-13-17(30)5-7-19(21)20-8-6-18(31)14-22(20)27/h3-14,30-31H,28-29H2,1-2H3. The molecule has 5 rings (SSSR count). The lowest BCUT2D eigenvalue weighted by molar-refractivity contribution is 0.415. The molecule has 0 heterocycles. The first-order chi connectivity index (χ1) is 15.9.